The number of carbonyl (C=O) groups is 1. The van der Waals surface area contributed by atoms with Crippen molar-refractivity contribution >= 4 is 17.7 Å². The quantitative estimate of drug-likeness (QED) is 0.879. The fraction of sp³-hybridized carbons (Fsp3) is 0.706. The molecule has 1 aromatic heterocycles. The van der Waals surface area contributed by atoms with Crippen molar-refractivity contribution in [2.75, 3.05) is 29.4 Å². The maximum Gasteiger partial charge on any atom is 0.433 e. The van der Waals surface area contributed by atoms with Gasteiger partial charge in [0.25, 0.3) is 0 Å². The zero-order valence-corrected chi connectivity index (χ0v) is 14.6. The number of anilines is 2. The number of rotatable bonds is 4. The number of alkyl halides is 3. The van der Waals surface area contributed by atoms with E-state index in [0.717, 1.165) is 6.42 Å². The Hall–Kier alpha value is -2.06. The van der Waals surface area contributed by atoms with Crippen LogP contribution in [0.15, 0.2) is 0 Å². The first-order valence-electron chi connectivity index (χ1n) is 8.86. The largest absolute Gasteiger partial charge is 0.481 e. The fourth-order valence-electron chi connectivity index (χ4n) is 4.35. The smallest absolute Gasteiger partial charge is 0.433 e. The molecule has 2 saturated heterocycles. The van der Waals surface area contributed by atoms with E-state index in [0.29, 0.717) is 25.5 Å². The minimum atomic E-state index is -4.53. The highest BCUT2D eigenvalue weighted by Crippen LogP contribution is 2.54. The van der Waals surface area contributed by atoms with Crippen molar-refractivity contribution in [2.45, 2.75) is 38.9 Å². The number of fused-ring (bicyclic) bond motifs is 1. The molecular formula is C17H21F3N4O2. The summed E-state index contributed by atoms with van der Waals surface area (Å²) in [5, 5.41) is 8.92. The number of nitrogens with zero attached hydrogens (tertiary/aromatic N) is 4. The second kappa shape index (κ2) is 5.72. The first-order valence-corrected chi connectivity index (χ1v) is 8.86. The van der Waals surface area contributed by atoms with Gasteiger partial charge in [-0.2, -0.15) is 18.2 Å². The van der Waals surface area contributed by atoms with Crippen molar-refractivity contribution in [3.63, 3.8) is 0 Å². The molecule has 3 fully saturated rings. The lowest BCUT2D eigenvalue weighted by Crippen LogP contribution is -2.47. The third kappa shape index (κ3) is 2.77. The van der Waals surface area contributed by atoms with Gasteiger partial charge < -0.3 is 14.9 Å². The highest BCUT2D eigenvalue weighted by atomic mass is 19.4. The molecule has 1 N–H and O–H groups in total. The van der Waals surface area contributed by atoms with Crippen molar-refractivity contribution in [3.8, 4) is 0 Å². The van der Waals surface area contributed by atoms with Gasteiger partial charge in [0.05, 0.1) is 0 Å². The van der Waals surface area contributed by atoms with Gasteiger partial charge in [-0.15, -0.1) is 0 Å². The summed E-state index contributed by atoms with van der Waals surface area (Å²) in [6.07, 6.45) is -3.48. The normalized spacial score (nSPS) is 30.2. The number of hydrogen-bond acceptors (Lipinski definition) is 5. The molecule has 0 radical (unpaired) electrons. The van der Waals surface area contributed by atoms with Gasteiger partial charge in [0, 0.05) is 37.7 Å². The van der Waals surface area contributed by atoms with Gasteiger partial charge in [0.1, 0.15) is 5.82 Å². The van der Waals surface area contributed by atoms with Crippen LogP contribution in [0.2, 0.25) is 0 Å². The first kappa shape index (κ1) is 17.4. The maximum atomic E-state index is 13.5. The molecule has 0 spiro atoms. The minimum absolute atomic E-state index is 0.0468. The van der Waals surface area contributed by atoms with Crippen molar-refractivity contribution < 1.29 is 23.1 Å². The molecule has 0 amide bonds. The molecule has 0 bridgehead atoms. The summed E-state index contributed by atoms with van der Waals surface area (Å²) >= 11 is 0. The molecule has 1 unspecified atom stereocenters. The van der Waals surface area contributed by atoms with E-state index in [4.69, 9.17) is 5.11 Å². The average molecular weight is 370 g/mol. The van der Waals surface area contributed by atoms with Gasteiger partial charge >= 0.3 is 12.1 Å². The molecule has 3 aliphatic rings. The summed E-state index contributed by atoms with van der Waals surface area (Å²) in [5.74, 6) is 0.273. The van der Waals surface area contributed by atoms with Crippen LogP contribution in [0.1, 0.15) is 31.0 Å². The second-order valence-electron chi connectivity index (χ2n) is 7.64. The van der Waals surface area contributed by atoms with Crippen LogP contribution in [0.5, 0.6) is 0 Å². The van der Waals surface area contributed by atoms with Crippen molar-refractivity contribution in [2.24, 2.45) is 17.8 Å². The molecule has 1 aromatic rings. The highest BCUT2D eigenvalue weighted by molar-refractivity contribution is 5.68. The molecule has 3 heterocycles. The van der Waals surface area contributed by atoms with Crippen LogP contribution in [0.4, 0.5) is 24.9 Å². The highest BCUT2D eigenvalue weighted by Gasteiger charge is 2.56. The lowest BCUT2D eigenvalue weighted by atomic mass is 10.1. The number of halogens is 3. The lowest BCUT2D eigenvalue weighted by Gasteiger charge is -2.39. The Balaban J connectivity index is 1.62. The Morgan fingerprint density at radius 1 is 1.27 bits per heavy atom. The van der Waals surface area contributed by atoms with E-state index >= 15 is 0 Å². The molecule has 1 aliphatic carbocycles. The third-order valence-corrected chi connectivity index (χ3v) is 6.03. The molecule has 2 aliphatic heterocycles. The number of piperidine rings is 1. The van der Waals surface area contributed by atoms with Gasteiger partial charge in [-0.3, -0.25) is 4.79 Å². The summed E-state index contributed by atoms with van der Waals surface area (Å²) in [6.45, 7) is 5.15. The number of carboxylic acid groups (broad SMARTS) is 1. The van der Waals surface area contributed by atoms with Crippen molar-refractivity contribution in [3.05, 3.63) is 11.3 Å². The van der Waals surface area contributed by atoms with Gasteiger partial charge in [-0.05, 0) is 38.0 Å². The van der Waals surface area contributed by atoms with Gasteiger partial charge in [0.15, 0.2) is 5.69 Å². The van der Waals surface area contributed by atoms with E-state index in [1.807, 2.05) is 11.8 Å². The maximum absolute atomic E-state index is 13.5. The molecule has 9 heteroatoms. The van der Waals surface area contributed by atoms with Crippen LogP contribution in [0.3, 0.4) is 0 Å². The first-order chi connectivity index (χ1) is 12.2. The topological polar surface area (TPSA) is 69.6 Å². The number of aromatic nitrogens is 2. The summed E-state index contributed by atoms with van der Waals surface area (Å²) in [4.78, 5) is 22.8. The van der Waals surface area contributed by atoms with Crippen LogP contribution in [-0.4, -0.2) is 46.7 Å². The van der Waals surface area contributed by atoms with E-state index in [-0.39, 0.29) is 41.7 Å². The monoisotopic (exact) mass is 370 g/mol. The minimum Gasteiger partial charge on any atom is -0.481 e. The Bertz CT molecular complexity index is 742. The van der Waals surface area contributed by atoms with Crippen LogP contribution in [-0.2, 0) is 11.0 Å². The summed E-state index contributed by atoms with van der Waals surface area (Å²) in [7, 11) is 0. The van der Waals surface area contributed by atoms with E-state index in [2.05, 4.69) is 9.97 Å². The molecule has 1 saturated carbocycles. The van der Waals surface area contributed by atoms with Gasteiger partial charge in [-0.25, -0.2) is 4.98 Å². The summed E-state index contributed by atoms with van der Waals surface area (Å²) in [6, 6.07) is 0.138. The van der Waals surface area contributed by atoms with Crippen LogP contribution in [0, 0.1) is 24.7 Å². The summed E-state index contributed by atoms with van der Waals surface area (Å²) in [5.41, 5.74) is -0.829. The Kier molecular flexibility index (Phi) is 3.82. The lowest BCUT2D eigenvalue weighted by molar-refractivity contribution is -0.141. The number of aliphatic carboxylic acids is 1. The molecule has 26 heavy (non-hydrogen) atoms. The van der Waals surface area contributed by atoms with Crippen LogP contribution >= 0.6 is 0 Å². The summed E-state index contributed by atoms with van der Waals surface area (Å²) < 4.78 is 40.4. The van der Waals surface area contributed by atoms with Crippen LogP contribution < -0.4 is 9.80 Å². The number of hydrogen-bond donors (Lipinski definition) is 1. The van der Waals surface area contributed by atoms with E-state index < -0.39 is 17.8 Å². The van der Waals surface area contributed by atoms with Crippen molar-refractivity contribution in [1.29, 1.82) is 0 Å². The van der Waals surface area contributed by atoms with Gasteiger partial charge in [-0.1, -0.05) is 0 Å². The van der Waals surface area contributed by atoms with Gasteiger partial charge in [0.2, 0.25) is 5.95 Å². The Morgan fingerprint density at radius 2 is 1.92 bits per heavy atom. The second-order valence-corrected chi connectivity index (χ2v) is 7.64. The van der Waals surface area contributed by atoms with Crippen molar-refractivity contribution in [1.82, 2.24) is 9.97 Å². The predicted molar refractivity (Wildman–Crippen MR) is 88.1 cm³/mol. The standard InChI is InChI=1S/C17H21F3N4O2/c1-8-3-4-24(8)16-21-14(17(18,19)20)9(2)15(22-16)23-6-11-10(5-13(25)26)12(11)7-23/h8,10-12H,3-7H2,1-2H3,(H,25,26)/t8-,10?,11-,12+/m0/s1. The zero-order chi connectivity index (χ0) is 18.8. The Labute approximate surface area is 149 Å². The van der Waals surface area contributed by atoms with E-state index in [9.17, 15) is 18.0 Å². The SMILES string of the molecule is Cc1c(N2C[C@@H]3C(CC(=O)O)[C@@H]3C2)nc(N2CC[C@@H]2C)nc1C(F)(F)F. The van der Waals surface area contributed by atoms with Crippen LogP contribution in [0.25, 0.3) is 0 Å². The number of carboxylic acids is 1. The predicted octanol–water partition coefficient (Wildman–Crippen LogP) is 2.56. The molecular weight excluding hydrogens is 349 g/mol. The fourth-order valence-corrected chi connectivity index (χ4v) is 4.35. The molecule has 4 rings (SSSR count). The zero-order valence-electron chi connectivity index (χ0n) is 14.6. The Morgan fingerprint density at radius 3 is 2.38 bits per heavy atom. The average Bonchev–Trinajstić information content (AvgIpc) is 2.96. The van der Waals surface area contributed by atoms with E-state index in [1.165, 1.54) is 6.92 Å². The molecule has 6 nitrogen and oxygen atoms in total. The molecule has 0 aromatic carbocycles. The van der Waals surface area contributed by atoms with E-state index in [1.54, 1.807) is 4.90 Å². The molecule has 142 valence electrons. The third-order valence-electron chi connectivity index (χ3n) is 6.03. The molecule has 4 atom stereocenters.